The van der Waals surface area contributed by atoms with Gasteiger partial charge in [-0.05, 0) is 84.5 Å². The SMILES string of the molecule is Cc1cc2c(cc1N)CCC(O)C(c1ccc(NC(=O)/C=C/c3ccc(F)cc3)cc1)=N2. The Morgan fingerprint density at radius 3 is 2.59 bits per heavy atom. The number of nitrogens with one attached hydrogen (secondary N) is 1. The quantitative estimate of drug-likeness (QED) is 0.411. The normalized spacial score (nSPS) is 15.7. The van der Waals surface area contributed by atoms with Crippen LogP contribution < -0.4 is 11.1 Å². The van der Waals surface area contributed by atoms with E-state index in [4.69, 9.17) is 10.7 Å². The van der Waals surface area contributed by atoms with Crippen molar-refractivity contribution >= 4 is 34.8 Å². The monoisotopic (exact) mass is 429 g/mol. The van der Waals surface area contributed by atoms with Crippen molar-refractivity contribution in [2.75, 3.05) is 11.1 Å². The Balaban J connectivity index is 1.49. The predicted octanol–water partition coefficient (Wildman–Crippen LogP) is 4.80. The molecule has 1 aliphatic rings. The molecule has 0 saturated heterocycles. The molecule has 4 rings (SSSR count). The number of hydrogen-bond donors (Lipinski definition) is 3. The van der Waals surface area contributed by atoms with Crippen molar-refractivity contribution in [2.24, 2.45) is 4.99 Å². The molecule has 3 aromatic carbocycles. The number of nitrogen functional groups attached to an aromatic ring is 1. The van der Waals surface area contributed by atoms with Crippen LogP contribution in [0.1, 0.15) is 28.7 Å². The molecule has 0 aromatic heterocycles. The number of anilines is 2. The summed E-state index contributed by atoms with van der Waals surface area (Å²) in [5.74, 6) is -0.617. The molecular weight excluding hydrogens is 405 g/mol. The molecule has 0 aliphatic carbocycles. The standard InChI is InChI=1S/C26H24FN3O2/c1-16-14-23-19(15-22(16)28)7-12-24(31)26(30-23)18-5-10-21(11-6-18)29-25(32)13-4-17-2-8-20(27)9-3-17/h2-6,8-11,13-15,24,31H,7,12,28H2,1H3,(H,29,32)/b13-4+. The molecule has 0 saturated carbocycles. The largest absolute Gasteiger partial charge is 0.399 e. The van der Waals surface area contributed by atoms with Gasteiger partial charge in [0.05, 0.1) is 17.5 Å². The summed E-state index contributed by atoms with van der Waals surface area (Å²) in [6.45, 7) is 1.94. The number of hydrogen-bond acceptors (Lipinski definition) is 4. The average molecular weight is 429 g/mol. The Morgan fingerprint density at radius 2 is 1.88 bits per heavy atom. The third-order valence-electron chi connectivity index (χ3n) is 5.46. The number of benzene rings is 3. The van der Waals surface area contributed by atoms with Crippen LogP contribution in [-0.4, -0.2) is 22.8 Å². The molecule has 0 fully saturated rings. The first-order chi connectivity index (χ1) is 15.4. The van der Waals surface area contributed by atoms with Crippen LogP contribution in [0.3, 0.4) is 0 Å². The molecule has 1 aliphatic heterocycles. The molecule has 0 radical (unpaired) electrons. The number of carbonyl (C=O) groups is 1. The fourth-order valence-electron chi connectivity index (χ4n) is 3.61. The molecule has 0 bridgehead atoms. The lowest BCUT2D eigenvalue weighted by molar-refractivity contribution is -0.111. The Bertz CT molecular complexity index is 1200. The first-order valence-corrected chi connectivity index (χ1v) is 10.4. The summed E-state index contributed by atoms with van der Waals surface area (Å²) in [7, 11) is 0. The minimum atomic E-state index is -0.692. The zero-order valence-electron chi connectivity index (χ0n) is 17.7. The zero-order valence-corrected chi connectivity index (χ0v) is 17.7. The first-order valence-electron chi connectivity index (χ1n) is 10.4. The smallest absolute Gasteiger partial charge is 0.248 e. The predicted molar refractivity (Wildman–Crippen MR) is 127 cm³/mol. The van der Waals surface area contributed by atoms with E-state index in [0.717, 1.165) is 33.6 Å². The second-order valence-electron chi connectivity index (χ2n) is 7.84. The number of amides is 1. The highest BCUT2D eigenvalue weighted by Crippen LogP contribution is 2.31. The van der Waals surface area contributed by atoms with E-state index in [-0.39, 0.29) is 11.7 Å². The van der Waals surface area contributed by atoms with E-state index < -0.39 is 6.10 Å². The number of aliphatic imine (C=N–C) groups is 1. The Labute approximate surface area is 186 Å². The number of fused-ring (bicyclic) bond motifs is 1. The topological polar surface area (TPSA) is 87.7 Å². The van der Waals surface area contributed by atoms with Crippen molar-refractivity contribution < 1.29 is 14.3 Å². The molecule has 5 nitrogen and oxygen atoms in total. The van der Waals surface area contributed by atoms with Crippen LogP contribution in [0.15, 0.2) is 71.7 Å². The summed E-state index contributed by atoms with van der Waals surface area (Å²) in [4.78, 5) is 16.9. The third kappa shape index (κ3) is 4.92. The molecular formula is C26H24FN3O2. The third-order valence-corrected chi connectivity index (χ3v) is 5.46. The van der Waals surface area contributed by atoms with Crippen LogP contribution in [0.25, 0.3) is 6.08 Å². The van der Waals surface area contributed by atoms with Gasteiger partial charge in [0.1, 0.15) is 5.82 Å². The second-order valence-corrected chi connectivity index (χ2v) is 7.84. The molecule has 6 heteroatoms. The van der Waals surface area contributed by atoms with Crippen LogP contribution >= 0.6 is 0 Å². The molecule has 1 atom stereocenters. The van der Waals surface area contributed by atoms with Gasteiger partial charge in [0.25, 0.3) is 0 Å². The highest BCUT2D eigenvalue weighted by atomic mass is 19.1. The summed E-state index contributed by atoms with van der Waals surface area (Å²) < 4.78 is 13.0. The molecule has 0 spiro atoms. The van der Waals surface area contributed by atoms with E-state index in [1.54, 1.807) is 30.3 Å². The summed E-state index contributed by atoms with van der Waals surface area (Å²) in [5.41, 5.74) is 12.3. The molecule has 4 N–H and O–H groups in total. The van der Waals surface area contributed by atoms with Gasteiger partial charge in [0.2, 0.25) is 5.91 Å². The minimum absolute atomic E-state index is 0.295. The lowest BCUT2D eigenvalue weighted by Crippen LogP contribution is -2.21. The van der Waals surface area contributed by atoms with Gasteiger partial charge in [0, 0.05) is 17.5 Å². The van der Waals surface area contributed by atoms with E-state index in [9.17, 15) is 14.3 Å². The van der Waals surface area contributed by atoms with Crippen LogP contribution in [0.2, 0.25) is 0 Å². The fourth-order valence-corrected chi connectivity index (χ4v) is 3.61. The van der Waals surface area contributed by atoms with E-state index >= 15 is 0 Å². The molecule has 1 unspecified atom stereocenters. The van der Waals surface area contributed by atoms with Crippen LogP contribution in [0.4, 0.5) is 21.5 Å². The van der Waals surface area contributed by atoms with Crippen molar-refractivity contribution in [2.45, 2.75) is 25.9 Å². The van der Waals surface area contributed by atoms with E-state index in [1.807, 2.05) is 31.2 Å². The van der Waals surface area contributed by atoms with Crippen molar-refractivity contribution in [1.29, 1.82) is 0 Å². The van der Waals surface area contributed by atoms with Crippen molar-refractivity contribution in [3.63, 3.8) is 0 Å². The second kappa shape index (κ2) is 9.16. The van der Waals surface area contributed by atoms with Gasteiger partial charge in [0.15, 0.2) is 0 Å². The molecule has 1 heterocycles. The van der Waals surface area contributed by atoms with Gasteiger partial charge in [-0.1, -0.05) is 24.3 Å². The maximum Gasteiger partial charge on any atom is 0.248 e. The lowest BCUT2D eigenvalue weighted by atomic mass is 10.00. The first kappa shape index (κ1) is 21.5. The van der Waals surface area contributed by atoms with Gasteiger partial charge in [-0.2, -0.15) is 0 Å². The number of carbonyl (C=O) groups excluding carboxylic acids is 1. The minimum Gasteiger partial charge on any atom is -0.399 e. The maximum absolute atomic E-state index is 13.0. The summed E-state index contributed by atoms with van der Waals surface area (Å²) in [6.07, 6.45) is 3.57. The van der Waals surface area contributed by atoms with Crippen LogP contribution in [0, 0.1) is 12.7 Å². The van der Waals surface area contributed by atoms with Gasteiger partial charge < -0.3 is 16.2 Å². The van der Waals surface area contributed by atoms with E-state index in [0.29, 0.717) is 24.2 Å². The Morgan fingerprint density at radius 1 is 1.16 bits per heavy atom. The van der Waals surface area contributed by atoms with Crippen molar-refractivity contribution in [3.8, 4) is 0 Å². The fraction of sp³-hybridized carbons (Fsp3) is 0.154. The van der Waals surface area contributed by atoms with Gasteiger partial charge in [-0.15, -0.1) is 0 Å². The molecule has 3 aromatic rings. The molecule has 162 valence electrons. The molecule has 32 heavy (non-hydrogen) atoms. The lowest BCUT2D eigenvalue weighted by Gasteiger charge is -2.12. The highest BCUT2D eigenvalue weighted by Gasteiger charge is 2.21. The van der Waals surface area contributed by atoms with Crippen molar-refractivity contribution in [1.82, 2.24) is 0 Å². The van der Waals surface area contributed by atoms with Gasteiger partial charge >= 0.3 is 0 Å². The average Bonchev–Trinajstić information content (AvgIpc) is 2.93. The number of halogens is 1. The number of aliphatic hydroxyl groups is 1. The van der Waals surface area contributed by atoms with Gasteiger partial charge in [-0.3, -0.25) is 4.79 Å². The van der Waals surface area contributed by atoms with Crippen LogP contribution in [0.5, 0.6) is 0 Å². The number of aryl methyl sites for hydroxylation is 2. The summed E-state index contributed by atoms with van der Waals surface area (Å²) in [6, 6.07) is 17.0. The summed E-state index contributed by atoms with van der Waals surface area (Å²) in [5, 5.41) is 13.4. The van der Waals surface area contributed by atoms with E-state index in [2.05, 4.69) is 5.32 Å². The summed E-state index contributed by atoms with van der Waals surface area (Å²) >= 11 is 0. The van der Waals surface area contributed by atoms with Crippen LogP contribution in [-0.2, 0) is 11.2 Å². The number of nitrogens with two attached hydrogens (primary N) is 1. The zero-order chi connectivity index (χ0) is 22.7. The Hall–Kier alpha value is -3.77. The number of rotatable bonds is 4. The van der Waals surface area contributed by atoms with Gasteiger partial charge in [-0.25, -0.2) is 9.38 Å². The Kier molecular flexibility index (Phi) is 6.14. The number of aliphatic hydroxyl groups excluding tert-OH is 1. The highest BCUT2D eigenvalue weighted by molar-refractivity contribution is 6.06. The van der Waals surface area contributed by atoms with Crippen molar-refractivity contribution in [3.05, 3.63) is 94.8 Å². The molecule has 1 amide bonds. The number of nitrogens with zero attached hydrogens (tertiary/aromatic N) is 1. The van der Waals surface area contributed by atoms with E-state index in [1.165, 1.54) is 18.2 Å². The maximum atomic E-state index is 13.0.